The number of allylic oxidation sites excluding steroid dienone is 2. The molecule has 1 fully saturated rings. The summed E-state index contributed by atoms with van der Waals surface area (Å²) in [5, 5.41) is 10.0. The third kappa shape index (κ3) is 3.58. The van der Waals surface area contributed by atoms with Gasteiger partial charge in [0.1, 0.15) is 5.76 Å². The maximum absolute atomic E-state index is 12.1. The Morgan fingerprint density at radius 3 is 2.18 bits per heavy atom. The highest BCUT2D eigenvalue weighted by atomic mass is 16.3. The Kier molecular flexibility index (Phi) is 5.23. The van der Waals surface area contributed by atoms with Gasteiger partial charge in [-0.1, -0.05) is 40.0 Å². The summed E-state index contributed by atoms with van der Waals surface area (Å²) in [6, 6.07) is 0. The Bertz CT molecular complexity index is 281. The number of hydrogen-bond donors (Lipinski definition) is 1. The van der Waals surface area contributed by atoms with Crippen LogP contribution in [0.4, 0.5) is 0 Å². The summed E-state index contributed by atoms with van der Waals surface area (Å²) < 4.78 is 0. The van der Waals surface area contributed by atoms with Gasteiger partial charge >= 0.3 is 0 Å². The van der Waals surface area contributed by atoms with Gasteiger partial charge in [-0.2, -0.15) is 0 Å². The summed E-state index contributed by atoms with van der Waals surface area (Å²) in [4.78, 5) is 12.1. The van der Waals surface area contributed by atoms with E-state index in [1.807, 2.05) is 6.92 Å². The lowest BCUT2D eigenvalue weighted by molar-refractivity contribution is -0.118. The fourth-order valence-electron chi connectivity index (χ4n) is 2.52. The summed E-state index contributed by atoms with van der Waals surface area (Å²) in [6.07, 6.45) is 8.62. The molecule has 1 saturated carbocycles. The molecule has 0 amide bonds. The standard InChI is InChI=1S/C15H26O2/c1-4-7-12(8-5-2)13(16)11-14(17)15(3)9-6-10-15/h11-12,17H,4-10H2,1-3H3. The lowest BCUT2D eigenvalue weighted by Crippen LogP contribution is -2.28. The van der Waals surface area contributed by atoms with E-state index in [1.54, 1.807) is 0 Å². The van der Waals surface area contributed by atoms with Crippen molar-refractivity contribution in [3.63, 3.8) is 0 Å². The molecule has 0 radical (unpaired) electrons. The third-order valence-corrected chi connectivity index (χ3v) is 4.03. The third-order valence-electron chi connectivity index (χ3n) is 4.03. The number of aliphatic hydroxyl groups excluding tert-OH is 1. The van der Waals surface area contributed by atoms with E-state index in [0.29, 0.717) is 5.76 Å². The number of carbonyl (C=O) groups is 1. The number of hydrogen-bond acceptors (Lipinski definition) is 2. The van der Waals surface area contributed by atoms with Crippen LogP contribution in [0.3, 0.4) is 0 Å². The molecule has 0 saturated heterocycles. The van der Waals surface area contributed by atoms with Gasteiger partial charge in [-0.25, -0.2) is 0 Å². The van der Waals surface area contributed by atoms with Gasteiger partial charge in [-0.15, -0.1) is 0 Å². The number of carbonyl (C=O) groups excluding carboxylic acids is 1. The molecule has 2 nitrogen and oxygen atoms in total. The van der Waals surface area contributed by atoms with Crippen LogP contribution in [0.2, 0.25) is 0 Å². The molecule has 0 aromatic carbocycles. The number of ketones is 1. The predicted octanol–water partition coefficient (Wildman–Crippen LogP) is 4.40. The molecule has 2 heteroatoms. The maximum Gasteiger partial charge on any atom is 0.162 e. The molecular formula is C15H26O2. The van der Waals surface area contributed by atoms with Crippen molar-refractivity contribution in [3.8, 4) is 0 Å². The van der Waals surface area contributed by atoms with Gasteiger partial charge in [0, 0.05) is 17.4 Å². The molecule has 0 atom stereocenters. The van der Waals surface area contributed by atoms with Crippen molar-refractivity contribution >= 4 is 5.78 Å². The average Bonchev–Trinajstić information content (AvgIpc) is 2.25. The first-order chi connectivity index (χ1) is 8.03. The summed E-state index contributed by atoms with van der Waals surface area (Å²) >= 11 is 0. The molecule has 0 spiro atoms. The Morgan fingerprint density at radius 2 is 1.82 bits per heavy atom. The van der Waals surface area contributed by atoms with Crippen LogP contribution in [0.5, 0.6) is 0 Å². The number of aliphatic hydroxyl groups is 1. The molecule has 17 heavy (non-hydrogen) atoms. The Morgan fingerprint density at radius 1 is 1.29 bits per heavy atom. The second kappa shape index (κ2) is 6.23. The molecule has 0 bridgehead atoms. The van der Waals surface area contributed by atoms with Crippen LogP contribution < -0.4 is 0 Å². The number of rotatable bonds is 7. The first kappa shape index (κ1) is 14.3. The van der Waals surface area contributed by atoms with Crippen molar-refractivity contribution in [3.05, 3.63) is 11.8 Å². The predicted molar refractivity (Wildman–Crippen MR) is 71.0 cm³/mol. The Hall–Kier alpha value is -0.790. The Balaban J connectivity index is 2.64. The van der Waals surface area contributed by atoms with Crippen molar-refractivity contribution in [1.29, 1.82) is 0 Å². The van der Waals surface area contributed by atoms with Gasteiger partial charge in [-0.05, 0) is 25.7 Å². The van der Waals surface area contributed by atoms with Crippen LogP contribution in [-0.2, 0) is 4.79 Å². The molecule has 1 aliphatic rings. The fourth-order valence-corrected chi connectivity index (χ4v) is 2.52. The van der Waals surface area contributed by atoms with Crippen molar-refractivity contribution in [1.82, 2.24) is 0 Å². The quantitative estimate of drug-likeness (QED) is 0.527. The smallest absolute Gasteiger partial charge is 0.162 e. The summed E-state index contributed by atoms with van der Waals surface area (Å²) in [6.45, 7) is 6.25. The van der Waals surface area contributed by atoms with Crippen molar-refractivity contribution < 1.29 is 9.90 Å². The van der Waals surface area contributed by atoms with E-state index in [0.717, 1.165) is 44.9 Å². The lowest BCUT2D eigenvalue weighted by atomic mass is 9.68. The summed E-state index contributed by atoms with van der Waals surface area (Å²) in [7, 11) is 0. The molecule has 1 N–H and O–H groups in total. The van der Waals surface area contributed by atoms with Crippen LogP contribution in [0.15, 0.2) is 11.8 Å². The molecule has 0 unspecified atom stereocenters. The SMILES string of the molecule is CCCC(CCC)C(=O)C=C(O)C1(C)CCC1. The van der Waals surface area contributed by atoms with Crippen molar-refractivity contribution in [2.24, 2.45) is 11.3 Å². The van der Waals surface area contributed by atoms with Crippen LogP contribution in [-0.4, -0.2) is 10.9 Å². The fraction of sp³-hybridized carbons (Fsp3) is 0.800. The van der Waals surface area contributed by atoms with E-state index in [1.165, 1.54) is 6.08 Å². The molecule has 0 aromatic rings. The molecule has 98 valence electrons. The van der Waals surface area contributed by atoms with Gasteiger partial charge in [0.15, 0.2) is 5.78 Å². The van der Waals surface area contributed by atoms with E-state index < -0.39 is 0 Å². The monoisotopic (exact) mass is 238 g/mol. The maximum atomic E-state index is 12.1. The van der Waals surface area contributed by atoms with Gasteiger partial charge in [0.25, 0.3) is 0 Å². The molecule has 1 rings (SSSR count). The highest BCUT2D eigenvalue weighted by Crippen LogP contribution is 2.45. The zero-order valence-corrected chi connectivity index (χ0v) is 11.5. The molecule has 0 aromatic heterocycles. The highest BCUT2D eigenvalue weighted by Gasteiger charge is 2.36. The molecule has 1 aliphatic carbocycles. The van der Waals surface area contributed by atoms with Gasteiger partial charge < -0.3 is 5.11 Å². The van der Waals surface area contributed by atoms with E-state index >= 15 is 0 Å². The molecule has 0 heterocycles. The second-order valence-corrected chi connectivity index (χ2v) is 5.62. The minimum Gasteiger partial charge on any atom is -0.512 e. The van der Waals surface area contributed by atoms with E-state index in [9.17, 15) is 9.90 Å². The van der Waals surface area contributed by atoms with Crippen LogP contribution in [0.1, 0.15) is 65.7 Å². The van der Waals surface area contributed by atoms with Gasteiger partial charge in [0.05, 0.1) is 0 Å². The summed E-state index contributed by atoms with van der Waals surface area (Å²) in [5.41, 5.74) is -0.112. The van der Waals surface area contributed by atoms with Crippen LogP contribution in [0.25, 0.3) is 0 Å². The second-order valence-electron chi connectivity index (χ2n) is 5.62. The van der Waals surface area contributed by atoms with E-state index in [2.05, 4.69) is 13.8 Å². The minimum absolute atomic E-state index is 0.107. The largest absolute Gasteiger partial charge is 0.512 e. The molecule has 0 aliphatic heterocycles. The zero-order chi connectivity index (χ0) is 12.9. The first-order valence-electron chi connectivity index (χ1n) is 6.98. The molecular weight excluding hydrogens is 212 g/mol. The van der Waals surface area contributed by atoms with Gasteiger partial charge in [0.2, 0.25) is 0 Å². The van der Waals surface area contributed by atoms with Crippen molar-refractivity contribution in [2.75, 3.05) is 0 Å². The zero-order valence-electron chi connectivity index (χ0n) is 11.5. The van der Waals surface area contributed by atoms with Crippen LogP contribution in [0, 0.1) is 11.3 Å². The van der Waals surface area contributed by atoms with E-state index in [4.69, 9.17) is 0 Å². The average molecular weight is 238 g/mol. The first-order valence-corrected chi connectivity index (χ1v) is 6.98. The normalized spacial score (nSPS) is 19.2. The highest BCUT2D eigenvalue weighted by molar-refractivity contribution is 5.92. The van der Waals surface area contributed by atoms with Gasteiger partial charge in [-0.3, -0.25) is 4.79 Å². The Labute approximate surface area is 105 Å². The van der Waals surface area contributed by atoms with Crippen LogP contribution >= 0.6 is 0 Å². The minimum atomic E-state index is -0.112. The van der Waals surface area contributed by atoms with Crippen molar-refractivity contribution in [2.45, 2.75) is 65.7 Å². The van der Waals surface area contributed by atoms with E-state index in [-0.39, 0.29) is 17.1 Å². The topological polar surface area (TPSA) is 37.3 Å². The summed E-state index contributed by atoms with van der Waals surface area (Å²) in [5.74, 6) is 0.543. The lowest BCUT2D eigenvalue weighted by Gasteiger charge is -2.37.